The number of H-pyrrole nitrogens is 1. The zero-order valence-corrected chi connectivity index (χ0v) is 11.3. The van der Waals surface area contributed by atoms with Crippen molar-refractivity contribution in [3.8, 4) is 5.88 Å². The molecule has 5 heteroatoms. The van der Waals surface area contributed by atoms with E-state index >= 15 is 0 Å². The molecule has 0 saturated heterocycles. The van der Waals surface area contributed by atoms with Crippen LogP contribution in [0.2, 0.25) is 0 Å². The van der Waals surface area contributed by atoms with Crippen LogP contribution in [0.5, 0.6) is 5.88 Å². The Morgan fingerprint density at radius 2 is 2.20 bits per heavy atom. The van der Waals surface area contributed by atoms with Crippen molar-refractivity contribution >= 4 is 22.6 Å². The van der Waals surface area contributed by atoms with Crippen LogP contribution >= 0.6 is 22.6 Å². The zero-order valence-electron chi connectivity index (χ0n) is 9.13. The minimum atomic E-state index is -0.156. The van der Waals surface area contributed by atoms with Crippen molar-refractivity contribution in [2.24, 2.45) is 5.41 Å². The summed E-state index contributed by atoms with van der Waals surface area (Å²) in [7, 11) is 0. The summed E-state index contributed by atoms with van der Waals surface area (Å²) in [6.07, 6.45) is 2.29. The van der Waals surface area contributed by atoms with Crippen molar-refractivity contribution in [2.75, 3.05) is 6.61 Å². The molecule has 0 bridgehead atoms. The molecular formula is C10H15IN2O2. The van der Waals surface area contributed by atoms with Gasteiger partial charge in [0.05, 0.1) is 12.9 Å². The van der Waals surface area contributed by atoms with Crippen molar-refractivity contribution in [2.45, 2.75) is 27.2 Å². The van der Waals surface area contributed by atoms with Crippen molar-refractivity contribution in [3.05, 3.63) is 20.3 Å². The van der Waals surface area contributed by atoms with Crippen LogP contribution in [0.15, 0.2) is 11.1 Å². The summed E-state index contributed by atoms with van der Waals surface area (Å²) in [5.74, 6) is 0.420. The van der Waals surface area contributed by atoms with E-state index in [4.69, 9.17) is 4.74 Å². The minimum Gasteiger partial charge on any atom is -0.477 e. The molecular weight excluding hydrogens is 307 g/mol. The number of nitrogens with one attached hydrogen (secondary N) is 1. The number of hydrogen-bond acceptors (Lipinski definition) is 3. The van der Waals surface area contributed by atoms with Gasteiger partial charge in [0.1, 0.15) is 3.57 Å². The number of aromatic nitrogens is 2. The monoisotopic (exact) mass is 322 g/mol. The van der Waals surface area contributed by atoms with E-state index in [1.165, 1.54) is 6.33 Å². The summed E-state index contributed by atoms with van der Waals surface area (Å²) in [6, 6.07) is 0. The summed E-state index contributed by atoms with van der Waals surface area (Å²) in [5, 5.41) is 0. The molecule has 1 aromatic heterocycles. The number of ether oxygens (including phenoxy) is 1. The quantitative estimate of drug-likeness (QED) is 0.868. The van der Waals surface area contributed by atoms with Crippen LogP contribution in [-0.2, 0) is 0 Å². The Morgan fingerprint density at radius 1 is 1.53 bits per heavy atom. The second kappa shape index (κ2) is 4.96. The van der Waals surface area contributed by atoms with Gasteiger partial charge in [-0.15, -0.1) is 0 Å². The third kappa shape index (κ3) is 4.19. The van der Waals surface area contributed by atoms with Gasteiger partial charge in [-0.1, -0.05) is 20.8 Å². The smallest absolute Gasteiger partial charge is 0.268 e. The van der Waals surface area contributed by atoms with Crippen LogP contribution in [0, 0.1) is 8.99 Å². The minimum absolute atomic E-state index is 0.156. The molecule has 1 rings (SSSR count). The summed E-state index contributed by atoms with van der Waals surface area (Å²) < 4.78 is 5.96. The van der Waals surface area contributed by atoms with Gasteiger partial charge in [0.15, 0.2) is 0 Å². The first-order valence-corrected chi connectivity index (χ1v) is 5.84. The van der Waals surface area contributed by atoms with E-state index in [1.807, 2.05) is 22.6 Å². The van der Waals surface area contributed by atoms with Gasteiger partial charge in [-0.3, -0.25) is 4.79 Å². The standard InChI is InChI=1S/C10H15IN2O2/c1-10(2,3)4-5-15-9-7(11)8(14)12-6-13-9/h6H,4-5H2,1-3H3,(H,12,13,14). The largest absolute Gasteiger partial charge is 0.477 e. The van der Waals surface area contributed by atoms with Crippen LogP contribution in [0.1, 0.15) is 27.2 Å². The van der Waals surface area contributed by atoms with Crippen molar-refractivity contribution in [1.82, 2.24) is 9.97 Å². The highest BCUT2D eigenvalue weighted by molar-refractivity contribution is 14.1. The van der Waals surface area contributed by atoms with Gasteiger partial charge in [0.2, 0.25) is 5.88 Å². The molecule has 0 radical (unpaired) electrons. The molecule has 0 spiro atoms. The van der Waals surface area contributed by atoms with Gasteiger partial charge in [0.25, 0.3) is 5.56 Å². The molecule has 1 heterocycles. The highest BCUT2D eigenvalue weighted by atomic mass is 127. The second-order valence-corrected chi connectivity index (χ2v) is 5.59. The van der Waals surface area contributed by atoms with Crippen molar-refractivity contribution < 1.29 is 4.74 Å². The van der Waals surface area contributed by atoms with Crippen LogP contribution in [0.25, 0.3) is 0 Å². The lowest BCUT2D eigenvalue weighted by atomic mass is 9.93. The van der Waals surface area contributed by atoms with E-state index in [0.717, 1.165) is 6.42 Å². The van der Waals surface area contributed by atoms with E-state index in [-0.39, 0.29) is 11.0 Å². The molecule has 0 amide bonds. The van der Waals surface area contributed by atoms with E-state index < -0.39 is 0 Å². The Balaban J connectivity index is 2.59. The molecule has 0 aliphatic rings. The van der Waals surface area contributed by atoms with Crippen LogP contribution in [0.3, 0.4) is 0 Å². The van der Waals surface area contributed by atoms with Gasteiger partial charge in [-0.05, 0) is 34.4 Å². The van der Waals surface area contributed by atoms with Crippen LogP contribution < -0.4 is 10.3 Å². The van der Waals surface area contributed by atoms with E-state index in [1.54, 1.807) is 0 Å². The molecule has 0 saturated carbocycles. The second-order valence-electron chi connectivity index (χ2n) is 4.51. The third-order valence-corrected chi connectivity index (χ3v) is 2.81. The lowest BCUT2D eigenvalue weighted by Gasteiger charge is -2.17. The molecule has 15 heavy (non-hydrogen) atoms. The average Bonchev–Trinajstić information content (AvgIpc) is 2.10. The zero-order chi connectivity index (χ0) is 11.5. The SMILES string of the molecule is CC(C)(C)CCOc1nc[nH]c(=O)c1I. The lowest BCUT2D eigenvalue weighted by Crippen LogP contribution is -2.16. The number of nitrogens with zero attached hydrogens (tertiary/aromatic N) is 1. The van der Waals surface area contributed by atoms with Gasteiger partial charge in [0, 0.05) is 0 Å². The molecule has 0 fully saturated rings. The molecule has 0 aromatic carbocycles. The molecule has 0 unspecified atom stereocenters. The number of halogens is 1. The summed E-state index contributed by atoms with van der Waals surface area (Å²) >= 11 is 1.93. The number of rotatable bonds is 3. The Kier molecular flexibility index (Phi) is 4.12. The highest BCUT2D eigenvalue weighted by Crippen LogP contribution is 2.19. The third-order valence-electron chi connectivity index (χ3n) is 1.86. The maximum atomic E-state index is 11.2. The molecule has 0 atom stereocenters. The van der Waals surface area contributed by atoms with Crippen LogP contribution in [0.4, 0.5) is 0 Å². The topological polar surface area (TPSA) is 55.0 Å². The fraction of sp³-hybridized carbons (Fsp3) is 0.600. The molecule has 0 aliphatic carbocycles. The van der Waals surface area contributed by atoms with Gasteiger partial charge in [-0.2, -0.15) is 0 Å². The van der Waals surface area contributed by atoms with Gasteiger partial charge in [-0.25, -0.2) is 4.98 Å². The first-order valence-electron chi connectivity index (χ1n) is 4.76. The summed E-state index contributed by atoms with van der Waals surface area (Å²) in [6.45, 7) is 7.02. The summed E-state index contributed by atoms with van der Waals surface area (Å²) in [4.78, 5) is 17.7. The fourth-order valence-corrected chi connectivity index (χ4v) is 1.37. The first-order chi connectivity index (χ1) is 6.90. The normalized spacial score (nSPS) is 11.5. The fourth-order valence-electron chi connectivity index (χ4n) is 0.921. The Morgan fingerprint density at radius 3 is 2.80 bits per heavy atom. The average molecular weight is 322 g/mol. The maximum Gasteiger partial charge on any atom is 0.268 e. The van der Waals surface area contributed by atoms with Gasteiger partial charge >= 0.3 is 0 Å². The first kappa shape index (κ1) is 12.5. The van der Waals surface area contributed by atoms with E-state index in [2.05, 4.69) is 30.7 Å². The lowest BCUT2D eigenvalue weighted by molar-refractivity contribution is 0.234. The van der Waals surface area contributed by atoms with Crippen molar-refractivity contribution in [3.63, 3.8) is 0 Å². The predicted octanol–water partition coefficient (Wildman–Crippen LogP) is 2.19. The summed E-state index contributed by atoms with van der Waals surface area (Å²) in [5.41, 5.74) is 0.0727. The van der Waals surface area contributed by atoms with Crippen molar-refractivity contribution in [1.29, 1.82) is 0 Å². The molecule has 84 valence electrons. The van der Waals surface area contributed by atoms with Crippen LogP contribution in [-0.4, -0.2) is 16.6 Å². The number of aromatic amines is 1. The highest BCUT2D eigenvalue weighted by Gasteiger charge is 2.11. The van der Waals surface area contributed by atoms with E-state index in [0.29, 0.717) is 16.1 Å². The number of hydrogen-bond donors (Lipinski definition) is 1. The Labute approximate surface area is 103 Å². The molecule has 1 aromatic rings. The Bertz CT molecular complexity index is 382. The van der Waals surface area contributed by atoms with E-state index in [9.17, 15) is 4.79 Å². The molecule has 0 aliphatic heterocycles. The van der Waals surface area contributed by atoms with Gasteiger partial charge < -0.3 is 9.72 Å². The predicted molar refractivity (Wildman–Crippen MR) is 67.1 cm³/mol. The molecule has 1 N–H and O–H groups in total. The molecule has 4 nitrogen and oxygen atoms in total. The maximum absolute atomic E-state index is 11.2. The Hall–Kier alpha value is -0.590.